The molecule has 0 aliphatic rings. The first-order chi connectivity index (χ1) is 5.56. The number of nitrogens with one attached hydrogen (secondary N) is 1. The van der Waals surface area contributed by atoms with E-state index in [1.165, 1.54) is 0 Å². The zero-order valence-electron chi connectivity index (χ0n) is 7.37. The van der Waals surface area contributed by atoms with Crippen molar-refractivity contribution in [2.75, 3.05) is 0 Å². The normalized spacial score (nSPS) is 14.5. The Bertz CT molecular complexity index is 184. The third-order valence-corrected chi connectivity index (χ3v) is 1.34. The molecule has 0 saturated heterocycles. The van der Waals surface area contributed by atoms with E-state index in [1.54, 1.807) is 19.9 Å². The molecule has 2 N–H and O–H groups in total. The van der Waals surface area contributed by atoms with Crippen LogP contribution in [-0.2, 0) is 4.79 Å². The maximum absolute atomic E-state index is 10.8. The van der Waals surface area contributed by atoms with Gasteiger partial charge < -0.3 is 10.4 Å². The van der Waals surface area contributed by atoms with Crippen molar-refractivity contribution in [2.45, 2.75) is 38.8 Å². The summed E-state index contributed by atoms with van der Waals surface area (Å²) in [7, 11) is 0. The number of aliphatic hydroxyl groups is 1. The lowest BCUT2D eigenvalue weighted by Gasteiger charge is -2.13. The fourth-order valence-corrected chi connectivity index (χ4v) is 0.968. The minimum Gasteiger partial charge on any atom is -0.393 e. The average molecular weight is 170 g/mol. The minimum absolute atomic E-state index is 0.0779. The number of carbonyl (C=O) groups is 1. The van der Waals surface area contributed by atoms with Crippen molar-refractivity contribution in [3.05, 3.63) is 0 Å². The van der Waals surface area contributed by atoms with Gasteiger partial charge in [0.1, 0.15) is 6.42 Å². The number of hydrogen-bond donors (Lipinski definition) is 2. The highest BCUT2D eigenvalue weighted by atomic mass is 16.3. The molecule has 0 spiro atoms. The second-order valence-corrected chi connectivity index (χ2v) is 2.89. The standard InChI is InChI=1S/C8H14N2O2/c1-6(5-7(2)11)10-8(12)3-4-9/h6-7,11H,3,5H2,1-2H3,(H,10,12). The number of carbonyl (C=O) groups excluding carboxylic acids is 1. The third kappa shape index (κ3) is 5.69. The summed E-state index contributed by atoms with van der Waals surface area (Å²) in [6.07, 6.45) is -0.0382. The summed E-state index contributed by atoms with van der Waals surface area (Å²) in [5, 5.41) is 19.7. The Kier molecular flexibility index (Phi) is 5.06. The van der Waals surface area contributed by atoms with E-state index in [-0.39, 0.29) is 18.4 Å². The van der Waals surface area contributed by atoms with Gasteiger partial charge in [0.05, 0.1) is 12.2 Å². The van der Waals surface area contributed by atoms with Crippen LogP contribution in [0.4, 0.5) is 0 Å². The molecule has 4 heteroatoms. The van der Waals surface area contributed by atoms with E-state index in [1.807, 2.05) is 0 Å². The predicted molar refractivity (Wildman–Crippen MR) is 44.1 cm³/mol. The number of aliphatic hydroxyl groups excluding tert-OH is 1. The Morgan fingerprint density at radius 2 is 2.25 bits per heavy atom. The molecule has 68 valence electrons. The molecule has 4 nitrogen and oxygen atoms in total. The smallest absolute Gasteiger partial charge is 0.234 e. The van der Waals surface area contributed by atoms with Crippen molar-refractivity contribution >= 4 is 5.91 Å². The van der Waals surface area contributed by atoms with Crippen LogP contribution in [0.1, 0.15) is 26.7 Å². The van der Waals surface area contributed by atoms with Crippen LogP contribution in [-0.4, -0.2) is 23.2 Å². The number of nitrogens with zero attached hydrogens (tertiary/aromatic N) is 1. The summed E-state index contributed by atoms with van der Waals surface area (Å²) in [5.74, 6) is -0.286. The van der Waals surface area contributed by atoms with E-state index in [2.05, 4.69) is 5.32 Å². The Hall–Kier alpha value is -1.08. The van der Waals surface area contributed by atoms with Crippen LogP contribution in [0.25, 0.3) is 0 Å². The molecule has 2 unspecified atom stereocenters. The van der Waals surface area contributed by atoms with Gasteiger partial charge >= 0.3 is 0 Å². The molecule has 2 atom stereocenters. The van der Waals surface area contributed by atoms with Crippen molar-refractivity contribution in [1.29, 1.82) is 5.26 Å². The first-order valence-electron chi connectivity index (χ1n) is 3.90. The Labute approximate surface area is 72.2 Å². The lowest BCUT2D eigenvalue weighted by molar-refractivity contribution is -0.120. The first-order valence-corrected chi connectivity index (χ1v) is 3.90. The van der Waals surface area contributed by atoms with E-state index in [0.717, 1.165) is 0 Å². The molecule has 0 saturated carbocycles. The summed E-state index contributed by atoms with van der Waals surface area (Å²) in [4.78, 5) is 10.8. The molecule has 0 aromatic carbocycles. The molecule has 0 bridgehead atoms. The molecule has 0 aromatic heterocycles. The SMILES string of the molecule is CC(O)CC(C)NC(=O)CC#N. The fraction of sp³-hybridized carbons (Fsp3) is 0.750. The topological polar surface area (TPSA) is 73.1 Å². The van der Waals surface area contributed by atoms with Crippen molar-refractivity contribution in [2.24, 2.45) is 0 Å². The molecule has 0 fully saturated rings. The second-order valence-electron chi connectivity index (χ2n) is 2.89. The predicted octanol–water partition coefficient (Wildman–Crippen LogP) is 0.176. The number of nitriles is 1. The molecule has 0 rings (SSSR count). The number of hydrogen-bond acceptors (Lipinski definition) is 3. The van der Waals surface area contributed by atoms with Gasteiger partial charge in [-0.25, -0.2) is 0 Å². The second kappa shape index (κ2) is 5.56. The van der Waals surface area contributed by atoms with Crippen LogP contribution >= 0.6 is 0 Å². The van der Waals surface area contributed by atoms with Gasteiger partial charge in [-0.2, -0.15) is 5.26 Å². The highest BCUT2D eigenvalue weighted by Crippen LogP contribution is 1.96. The van der Waals surface area contributed by atoms with Crippen molar-refractivity contribution in [1.82, 2.24) is 5.32 Å². The molecule has 0 aromatic rings. The molecule has 0 radical (unpaired) electrons. The van der Waals surface area contributed by atoms with Crippen LogP contribution < -0.4 is 5.32 Å². The maximum atomic E-state index is 10.8. The minimum atomic E-state index is -0.428. The van der Waals surface area contributed by atoms with Gasteiger partial charge in [-0.05, 0) is 20.3 Å². The van der Waals surface area contributed by atoms with Gasteiger partial charge in [-0.3, -0.25) is 4.79 Å². The highest BCUT2D eigenvalue weighted by molar-refractivity contribution is 5.78. The fourth-order valence-electron chi connectivity index (χ4n) is 0.968. The first kappa shape index (κ1) is 10.9. The highest BCUT2D eigenvalue weighted by Gasteiger charge is 2.08. The van der Waals surface area contributed by atoms with Crippen LogP contribution in [0.3, 0.4) is 0 Å². The van der Waals surface area contributed by atoms with Gasteiger partial charge in [0.15, 0.2) is 0 Å². The lowest BCUT2D eigenvalue weighted by atomic mass is 10.1. The molecule has 0 heterocycles. The van der Waals surface area contributed by atoms with Gasteiger partial charge in [-0.1, -0.05) is 0 Å². The Morgan fingerprint density at radius 1 is 1.67 bits per heavy atom. The quantitative estimate of drug-likeness (QED) is 0.632. The van der Waals surface area contributed by atoms with Gasteiger partial charge in [0.25, 0.3) is 0 Å². The number of rotatable bonds is 4. The van der Waals surface area contributed by atoms with Crippen LogP contribution in [0.5, 0.6) is 0 Å². The molecule has 0 aliphatic carbocycles. The van der Waals surface area contributed by atoms with E-state index >= 15 is 0 Å². The molecule has 0 aliphatic heterocycles. The average Bonchev–Trinajstić information content (AvgIpc) is 1.84. The summed E-state index contributed by atoms with van der Waals surface area (Å²) in [6, 6.07) is 1.67. The van der Waals surface area contributed by atoms with E-state index in [9.17, 15) is 4.79 Å². The summed E-state index contributed by atoms with van der Waals surface area (Å²) in [5.41, 5.74) is 0. The van der Waals surface area contributed by atoms with Crippen molar-refractivity contribution in [3.63, 3.8) is 0 Å². The Morgan fingerprint density at radius 3 is 2.67 bits per heavy atom. The van der Waals surface area contributed by atoms with Crippen LogP contribution in [0.15, 0.2) is 0 Å². The van der Waals surface area contributed by atoms with Crippen LogP contribution in [0.2, 0.25) is 0 Å². The molecular formula is C8H14N2O2. The van der Waals surface area contributed by atoms with E-state index in [0.29, 0.717) is 6.42 Å². The van der Waals surface area contributed by atoms with E-state index < -0.39 is 6.10 Å². The third-order valence-electron chi connectivity index (χ3n) is 1.34. The zero-order chi connectivity index (χ0) is 9.56. The zero-order valence-corrected chi connectivity index (χ0v) is 7.37. The summed E-state index contributed by atoms with van der Waals surface area (Å²) >= 11 is 0. The van der Waals surface area contributed by atoms with Gasteiger partial charge in [-0.15, -0.1) is 0 Å². The van der Waals surface area contributed by atoms with Gasteiger partial charge in [0, 0.05) is 6.04 Å². The largest absolute Gasteiger partial charge is 0.393 e. The Balaban J connectivity index is 3.63. The monoisotopic (exact) mass is 170 g/mol. The number of amides is 1. The lowest BCUT2D eigenvalue weighted by Crippen LogP contribution is -2.34. The molecular weight excluding hydrogens is 156 g/mol. The summed E-state index contributed by atoms with van der Waals surface area (Å²) in [6.45, 7) is 3.45. The van der Waals surface area contributed by atoms with Crippen LogP contribution in [0, 0.1) is 11.3 Å². The van der Waals surface area contributed by atoms with Gasteiger partial charge in [0.2, 0.25) is 5.91 Å². The van der Waals surface area contributed by atoms with Crippen molar-refractivity contribution in [3.8, 4) is 6.07 Å². The molecule has 1 amide bonds. The summed E-state index contributed by atoms with van der Waals surface area (Å²) < 4.78 is 0. The maximum Gasteiger partial charge on any atom is 0.234 e. The molecule has 12 heavy (non-hydrogen) atoms. The van der Waals surface area contributed by atoms with E-state index in [4.69, 9.17) is 10.4 Å². The van der Waals surface area contributed by atoms with Crippen molar-refractivity contribution < 1.29 is 9.90 Å².